The Morgan fingerprint density at radius 2 is 1.61 bits per heavy atom. The molecule has 0 bridgehead atoms. The van der Waals surface area contributed by atoms with Gasteiger partial charge in [0.25, 0.3) is 0 Å². The molecule has 1 aliphatic heterocycles. The van der Waals surface area contributed by atoms with Gasteiger partial charge in [-0.3, -0.25) is 14.4 Å². The van der Waals surface area contributed by atoms with Gasteiger partial charge in [0, 0.05) is 6.54 Å². The molecule has 2 fully saturated rings. The van der Waals surface area contributed by atoms with Crippen molar-refractivity contribution >= 4 is 23.7 Å². The first-order valence-electron chi connectivity index (χ1n) is 12.4. The van der Waals surface area contributed by atoms with Crippen LogP contribution in [-0.4, -0.2) is 64.4 Å². The van der Waals surface area contributed by atoms with E-state index in [2.05, 4.69) is 10.6 Å². The maximum atomic E-state index is 13.1. The van der Waals surface area contributed by atoms with Gasteiger partial charge in [0.05, 0.1) is 6.04 Å². The second-order valence-corrected chi connectivity index (χ2v) is 10.4. The number of likely N-dealkylation sites (tertiary alicyclic amines) is 1. The van der Waals surface area contributed by atoms with E-state index in [9.17, 15) is 24.3 Å². The molecule has 9 heteroatoms. The van der Waals surface area contributed by atoms with Gasteiger partial charge in [-0.1, -0.05) is 47.0 Å². The fraction of sp³-hybridized carbons (Fsp3) is 0.833. The van der Waals surface area contributed by atoms with Gasteiger partial charge in [-0.25, -0.2) is 4.79 Å². The Morgan fingerprint density at radius 3 is 2.15 bits per heavy atom. The summed E-state index contributed by atoms with van der Waals surface area (Å²) in [6.45, 7) is 8.07. The minimum atomic E-state index is -1.04. The highest BCUT2D eigenvalue weighted by molar-refractivity contribution is 5.94. The Kier molecular flexibility index (Phi) is 10.1. The molecule has 1 heterocycles. The van der Waals surface area contributed by atoms with Crippen molar-refractivity contribution in [2.45, 2.75) is 103 Å². The van der Waals surface area contributed by atoms with E-state index in [1.54, 1.807) is 0 Å². The minimum Gasteiger partial charge on any atom is -0.480 e. The van der Waals surface area contributed by atoms with Crippen molar-refractivity contribution in [1.82, 2.24) is 15.5 Å². The van der Waals surface area contributed by atoms with E-state index in [1.165, 1.54) is 4.90 Å². The van der Waals surface area contributed by atoms with Crippen molar-refractivity contribution < 1.29 is 24.3 Å². The zero-order valence-corrected chi connectivity index (χ0v) is 20.5. The smallest absolute Gasteiger partial charge is 0.326 e. The van der Waals surface area contributed by atoms with Crippen LogP contribution in [0.15, 0.2) is 0 Å². The molecule has 1 saturated carbocycles. The molecule has 0 aromatic heterocycles. The number of carbonyl (C=O) groups excluding carboxylic acids is 3. The largest absolute Gasteiger partial charge is 0.480 e. The first-order valence-corrected chi connectivity index (χ1v) is 12.4. The van der Waals surface area contributed by atoms with Gasteiger partial charge in [-0.2, -0.15) is 0 Å². The van der Waals surface area contributed by atoms with Crippen LogP contribution >= 0.6 is 0 Å². The molecule has 2 aliphatic rings. The summed E-state index contributed by atoms with van der Waals surface area (Å²) in [4.78, 5) is 52.4. The maximum absolute atomic E-state index is 13.1. The number of carboxylic acids is 1. The van der Waals surface area contributed by atoms with Crippen LogP contribution < -0.4 is 16.4 Å². The molecule has 0 aromatic rings. The number of aliphatic carboxylic acids is 1. The predicted octanol–water partition coefficient (Wildman–Crippen LogP) is 1.64. The summed E-state index contributed by atoms with van der Waals surface area (Å²) >= 11 is 0. The summed E-state index contributed by atoms with van der Waals surface area (Å²) in [5.41, 5.74) is 6.03. The number of hydrogen-bond donors (Lipinski definition) is 4. The summed E-state index contributed by atoms with van der Waals surface area (Å²) in [5, 5.41) is 15.2. The van der Waals surface area contributed by atoms with Crippen molar-refractivity contribution in [1.29, 1.82) is 0 Å². The Bertz CT molecular complexity index is 705. The van der Waals surface area contributed by atoms with Crippen molar-refractivity contribution in [3.8, 4) is 0 Å². The molecule has 0 aromatic carbocycles. The summed E-state index contributed by atoms with van der Waals surface area (Å²) < 4.78 is 0. The fourth-order valence-electron chi connectivity index (χ4n) is 4.85. The molecule has 2 rings (SSSR count). The van der Waals surface area contributed by atoms with E-state index in [4.69, 9.17) is 5.73 Å². The van der Waals surface area contributed by atoms with E-state index < -0.39 is 36.0 Å². The molecule has 33 heavy (non-hydrogen) atoms. The van der Waals surface area contributed by atoms with E-state index in [-0.39, 0.29) is 29.6 Å². The van der Waals surface area contributed by atoms with Gasteiger partial charge in [0.15, 0.2) is 0 Å². The molecular formula is C24H42N4O5. The van der Waals surface area contributed by atoms with Crippen LogP contribution in [0.25, 0.3) is 0 Å². The lowest BCUT2D eigenvalue weighted by Crippen LogP contribution is -2.58. The third kappa shape index (κ3) is 7.42. The molecule has 3 amide bonds. The standard InChI is InChI=1S/C24H42N4O5/c1-14(2)13-17(21(29)27-20(24(32)33)16-9-6-5-7-10-16)26-22(30)18-11-8-12-28(18)23(31)19(25)15(3)4/h14-20H,5-13,25H2,1-4H3,(H,26,30)(H,27,29)(H,32,33)/t17-,18-,19-,20-/m0/s1. The Labute approximate surface area is 197 Å². The molecule has 5 N–H and O–H groups in total. The van der Waals surface area contributed by atoms with E-state index in [0.717, 1.165) is 32.1 Å². The quantitative estimate of drug-likeness (QED) is 0.386. The third-order valence-corrected chi connectivity index (χ3v) is 6.87. The fourth-order valence-corrected chi connectivity index (χ4v) is 4.85. The van der Waals surface area contributed by atoms with Gasteiger partial charge < -0.3 is 26.4 Å². The summed E-state index contributed by atoms with van der Waals surface area (Å²) in [6, 6.07) is -3.17. The molecular weight excluding hydrogens is 424 g/mol. The summed E-state index contributed by atoms with van der Waals surface area (Å²) in [7, 11) is 0. The molecule has 0 unspecified atom stereocenters. The van der Waals surface area contributed by atoms with Gasteiger partial charge in [-0.05, 0) is 49.9 Å². The van der Waals surface area contributed by atoms with Gasteiger partial charge in [0.2, 0.25) is 17.7 Å². The Balaban J connectivity index is 2.10. The van der Waals surface area contributed by atoms with Crippen LogP contribution in [0.3, 0.4) is 0 Å². The van der Waals surface area contributed by atoms with Crippen LogP contribution in [0.1, 0.15) is 79.1 Å². The lowest BCUT2D eigenvalue weighted by molar-refractivity contribution is -0.145. The zero-order chi connectivity index (χ0) is 24.7. The van der Waals surface area contributed by atoms with Gasteiger partial charge >= 0.3 is 5.97 Å². The number of carboxylic acid groups (broad SMARTS) is 1. The average Bonchev–Trinajstić information content (AvgIpc) is 3.25. The number of nitrogens with one attached hydrogen (secondary N) is 2. The Hall–Kier alpha value is -2.16. The second-order valence-electron chi connectivity index (χ2n) is 10.4. The van der Waals surface area contributed by atoms with Crippen LogP contribution in [0.5, 0.6) is 0 Å². The van der Waals surface area contributed by atoms with Crippen molar-refractivity contribution in [3.05, 3.63) is 0 Å². The number of rotatable bonds is 10. The molecule has 4 atom stereocenters. The van der Waals surface area contributed by atoms with E-state index in [1.807, 2.05) is 27.7 Å². The van der Waals surface area contributed by atoms with Crippen molar-refractivity contribution in [2.75, 3.05) is 6.54 Å². The van der Waals surface area contributed by atoms with Crippen LogP contribution in [-0.2, 0) is 19.2 Å². The highest BCUT2D eigenvalue weighted by Crippen LogP contribution is 2.27. The number of hydrogen-bond acceptors (Lipinski definition) is 5. The lowest BCUT2D eigenvalue weighted by Gasteiger charge is -2.31. The average molecular weight is 467 g/mol. The predicted molar refractivity (Wildman–Crippen MR) is 125 cm³/mol. The molecule has 1 aliphatic carbocycles. The number of amides is 3. The first-order chi connectivity index (χ1) is 15.5. The Morgan fingerprint density at radius 1 is 0.970 bits per heavy atom. The van der Waals surface area contributed by atoms with Crippen LogP contribution in [0.4, 0.5) is 0 Å². The van der Waals surface area contributed by atoms with E-state index >= 15 is 0 Å². The summed E-state index contributed by atoms with van der Waals surface area (Å²) in [5.74, 6) is -2.21. The molecule has 9 nitrogen and oxygen atoms in total. The highest BCUT2D eigenvalue weighted by Gasteiger charge is 2.39. The monoisotopic (exact) mass is 466 g/mol. The van der Waals surface area contributed by atoms with Gasteiger partial charge in [-0.15, -0.1) is 0 Å². The summed E-state index contributed by atoms with van der Waals surface area (Å²) in [6.07, 6.45) is 6.12. The topological polar surface area (TPSA) is 142 Å². The molecule has 0 spiro atoms. The van der Waals surface area contributed by atoms with Crippen molar-refractivity contribution in [3.63, 3.8) is 0 Å². The maximum Gasteiger partial charge on any atom is 0.326 e. The SMILES string of the molecule is CC(C)C[C@H](NC(=O)[C@@H]1CCCN1C(=O)[C@@H](N)C(C)C)C(=O)N[C@H](C(=O)O)C1CCCCC1. The number of nitrogens with zero attached hydrogens (tertiary/aromatic N) is 1. The normalized spacial score (nSPS) is 22.2. The van der Waals surface area contributed by atoms with E-state index in [0.29, 0.717) is 25.8 Å². The number of carbonyl (C=O) groups is 4. The van der Waals surface area contributed by atoms with Crippen molar-refractivity contribution in [2.24, 2.45) is 23.5 Å². The molecule has 1 saturated heterocycles. The zero-order valence-electron chi connectivity index (χ0n) is 20.5. The van der Waals surface area contributed by atoms with Crippen LogP contribution in [0.2, 0.25) is 0 Å². The third-order valence-electron chi connectivity index (χ3n) is 6.87. The van der Waals surface area contributed by atoms with Crippen LogP contribution in [0, 0.1) is 17.8 Å². The molecule has 0 radical (unpaired) electrons. The van der Waals surface area contributed by atoms with Gasteiger partial charge in [0.1, 0.15) is 18.1 Å². The minimum absolute atomic E-state index is 0.0472. The highest BCUT2D eigenvalue weighted by atomic mass is 16.4. The second kappa shape index (κ2) is 12.3. The lowest BCUT2D eigenvalue weighted by atomic mass is 9.83. The molecule has 188 valence electrons. The number of nitrogens with two attached hydrogens (primary N) is 1. The first kappa shape index (κ1) is 27.1.